The summed E-state index contributed by atoms with van der Waals surface area (Å²) in [5, 5.41) is 3.37. The molecule has 2 aliphatic rings. The molecule has 2 aliphatic heterocycles. The van der Waals surface area contributed by atoms with Crippen molar-refractivity contribution in [3.8, 4) is 0 Å². The van der Waals surface area contributed by atoms with Crippen molar-refractivity contribution in [2.75, 3.05) is 18.4 Å². The number of carbonyl (C=O) groups is 1. The molecule has 1 aromatic rings. The van der Waals surface area contributed by atoms with Gasteiger partial charge in [-0.25, -0.2) is 9.78 Å². The van der Waals surface area contributed by atoms with Gasteiger partial charge in [-0.05, 0) is 81.5 Å². The molecule has 3 rings (SSSR count). The van der Waals surface area contributed by atoms with Crippen LogP contribution in [0, 0.1) is 0 Å². The maximum absolute atomic E-state index is 12.3. The molecule has 0 spiro atoms. The number of anilines is 1. The standard InChI is InChI=1S/C20H29BBrN3O4/c1-18(2,3)27-17(26)25-11-9-14(10-12-25)21-28-19(4,5)20(6,29-21)24-16-8-7-15(22)13-23-16/h7-9,13H,10-12H2,1-6H3,(H,23,24). The second kappa shape index (κ2) is 7.93. The van der Waals surface area contributed by atoms with Crippen LogP contribution < -0.4 is 5.32 Å². The average molecular weight is 466 g/mol. The number of hydrogen-bond donors (Lipinski definition) is 1. The number of nitrogens with zero attached hydrogens (tertiary/aromatic N) is 2. The van der Waals surface area contributed by atoms with E-state index in [1.807, 2.05) is 59.8 Å². The first kappa shape index (κ1) is 22.1. The molecule has 0 aliphatic carbocycles. The predicted molar refractivity (Wildman–Crippen MR) is 116 cm³/mol. The second-order valence-corrected chi connectivity index (χ2v) is 9.97. The van der Waals surface area contributed by atoms with Gasteiger partial charge in [-0.3, -0.25) is 0 Å². The van der Waals surface area contributed by atoms with Crippen molar-refractivity contribution < 1.29 is 18.8 Å². The number of rotatable bonds is 3. The molecule has 7 nitrogen and oxygen atoms in total. The van der Waals surface area contributed by atoms with Crippen LogP contribution in [-0.4, -0.2) is 53.1 Å². The highest BCUT2D eigenvalue weighted by atomic mass is 79.9. The SMILES string of the molecule is CC(C)(C)OC(=O)N1CC=C(B2OC(C)(C)C(C)(Nc3ccc(Br)cn3)O2)CC1. The fourth-order valence-electron chi connectivity index (χ4n) is 3.18. The van der Waals surface area contributed by atoms with E-state index in [0.29, 0.717) is 25.3 Å². The van der Waals surface area contributed by atoms with Crippen LogP contribution in [0.4, 0.5) is 10.6 Å². The highest BCUT2D eigenvalue weighted by Gasteiger charge is 2.55. The molecule has 1 fully saturated rings. The topological polar surface area (TPSA) is 72.9 Å². The molecule has 29 heavy (non-hydrogen) atoms. The van der Waals surface area contributed by atoms with Crippen LogP contribution in [0.5, 0.6) is 0 Å². The summed E-state index contributed by atoms with van der Waals surface area (Å²) < 4.78 is 18.9. The van der Waals surface area contributed by atoms with Gasteiger partial charge in [-0.1, -0.05) is 6.08 Å². The Kier molecular flexibility index (Phi) is 6.04. The number of ether oxygens (including phenoxy) is 1. The number of amides is 1. The molecular weight excluding hydrogens is 437 g/mol. The molecule has 1 unspecified atom stereocenters. The Morgan fingerprint density at radius 3 is 2.59 bits per heavy atom. The molecular formula is C20H29BBrN3O4. The summed E-state index contributed by atoms with van der Waals surface area (Å²) in [5.74, 6) is 0.710. The molecule has 1 aromatic heterocycles. The van der Waals surface area contributed by atoms with Gasteiger partial charge < -0.3 is 24.3 Å². The van der Waals surface area contributed by atoms with Crippen molar-refractivity contribution in [2.45, 2.75) is 64.9 Å². The molecule has 158 valence electrons. The maximum Gasteiger partial charge on any atom is 0.491 e. The first-order valence-corrected chi connectivity index (χ1v) is 10.6. The zero-order valence-corrected chi connectivity index (χ0v) is 19.5. The zero-order chi connectivity index (χ0) is 21.4. The summed E-state index contributed by atoms with van der Waals surface area (Å²) >= 11 is 3.40. The van der Waals surface area contributed by atoms with Crippen molar-refractivity contribution in [3.63, 3.8) is 0 Å². The Balaban J connectivity index is 1.67. The van der Waals surface area contributed by atoms with E-state index in [1.165, 1.54) is 0 Å². The Hall–Kier alpha value is -1.58. The Morgan fingerprint density at radius 1 is 1.31 bits per heavy atom. The lowest BCUT2D eigenvalue weighted by Crippen LogP contribution is -2.51. The van der Waals surface area contributed by atoms with E-state index < -0.39 is 24.0 Å². The van der Waals surface area contributed by atoms with E-state index in [-0.39, 0.29) is 6.09 Å². The van der Waals surface area contributed by atoms with Gasteiger partial charge in [-0.2, -0.15) is 0 Å². The monoisotopic (exact) mass is 465 g/mol. The van der Waals surface area contributed by atoms with E-state index in [2.05, 4.69) is 26.2 Å². The van der Waals surface area contributed by atoms with Crippen LogP contribution >= 0.6 is 15.9 Å². The van der Waals surface area contributed by atoms with E-state index in [4.69, 9.17) is 14.0 Å². The number of nitrogens with one attached hydrogen (secondary N) is 1. The third-order valence-corrected chi connectivity index (χ3v) is 5.66. The lowest BCUT2D eigenvalue weighted by molar-refractivity contribution is 0.0129. The van der Waals surface area contributed by atoms with Gasteiger partial charge in [0.05, 0.1) is 5.60 Å². The minimum Gasteiger partial charge on any atom is -0.444 e. The molecule has 3 heterocycles. The molecule has 9 heteroatoms. The highest BCUT2D eigenvalue weighted by molar-refractivity contribution is 9.10. The van der Waals surface area contributed by atoms with Gasteiger partial charge in [0.25, 0.3) is 0 Å². The minimum absolute atomic E-state index is 0.297. The number of carbonyl (C=O) groups excluding carboxylic acids is 1. The normalized spacial score (nSPS) is 24.3. The minimum atomic E-state index is -0.762. The van der Waals surface area contributed by atoms with Crippen LogP contribution in [0.2, 0.25) is 0 Å². The van der Waals surface area contributed by atoms with Crippen molar-refractivity contribution >= 4 is 35.0 Å². The van der Waals surface area contributed by atoms with Gasteiger partial charge in [0, 0.05) is 23.8 Å². The van der Waals surface area contributed by atoms with E-state index in [0.717, 1.165) is 9.95 Å². The van der Waals surface area contributed by atoms with Crippen LogP contribution in [0.25, 0.3) is 0 Å². The summed E-state index contributed by atoms with van der Waals surface area (Å²) in [4.78, 5) is 18.3. The third-order valence-electron chi connectivity index (χ3n) is 5.19. The van der Waals surface area contributed by atoms with Gasteiger partial charge >= 0.3 is 13.2 Å². The molecule has 0 saturated carbocycles. The highest BCUT2D eigenvalue weighted by Crippen LogP contribution is 2.40. The summed E-state index contributed by atoms with van der Waals surface area (Å²) in [7, 11) is -0.473. The summed E-state index contributed by atoms with van der Waals surface area (Å²) in [6.45, 7) is 12.6. The molecule has 1 saturated heterocycles. The Morgan fingerprint density at radius 2 is 2.03 bits per heavy atom. The molecule has 1 N–H and O–H groups in total. The smallest absolute Gasteiger partial charge is 0.444 e. The van der Waals surface area contributed by atoms with Crippen molar-refractivity contribution in [1.82, 2.24) is 9.88 Å². The average Bonchev–Trinajstić information content (AvgIpc) is 2.85. The number of hydrogen-bond acceptors (Lipinski definition) is 6. The summed E-state index contributed by atoms with van der Waals surface area (Å²) in [5.41, 5.74) is -0.818. The quantitative estimate of drug-likeness (QED) is 0.667. The van der Waals surface area contributed by atoms with Gasteiger partial charge in [0.2, 0.25) is 0 Å². The van der Waals surface area contributed by atoms with Gasteiger partial charge in [0.15, 0.2) is 5.72 Å². The van der Waals surface area contributed by atoms with Crippen LogP contribution in [0.15, 0.2) is 34.4 Å². The fourth-order valence-corrected chi connectivity index (χ4v) is 3.41. The third kappa shape index (κ3) is 5.13. The summed E-state index contributed by atoms with van der Waals surface area (Å²) in [6.07, 6.45) is 4.11. The molecule has 0 radical (unpaired) electrons. The molecule has 1 amide bonds. The Bertz CT molecular complexity index is 794. The first-order chi connectivity index (χ1) is 13.4. The molecule has 1 atom stereocenters. The maximum atomic E-state index is 12.3. The van der Waals surface area contributed by atoms with Gasteiger partial charge in [0.1, 0.15) is 11.4 Å². The lowest BCUT2D eigenvalue weighted by Gasteiger charge is -2.37. The predicted octanol–water partition coefficient (Wildman–Crippen LogP) is 4.39. The largest absolute Gasteiger partial charge is 0.491 e. The van der Waals surface area contributed by atoms with Crippen molar-refractivity contribution in [3.05, 3.63) is 34.4 Å². The number of aromatic nitrogens is 1. The number of pyridine rings is 1. The Labute approximate surface area is 181 Å². The fraction of sp³-hybridized carbons (Fsp3) is 0.600. The van der Waals surface area contributed by atoms with Crippen LogP contribution in [0.3, 0.4) is 0 Å². The number of halogens is 1. The van der Waals surface area contributed by atoms with E-state index in [9.17, 15) is 4.79 Å². The molecule has 0 aromatic carbocycles. The van der Waals surface area contributed by atoms with Crippen molar-refractivity contribution in [2.24, 2.45) is 0 Å². The molecule has 0 bridgehead atoms. The van der Waals surface area contributed by atoms with E-state index >= 15 is 0 Å². The van der Waals surface area contributed by atoms with Crippen molar-refractivity contribution in [1.29, 1.82) is 0 Å². The first-order valence-electron chi connectivity index (χ1n) is 9.81. The van der Waals surface area contributed by atoms with Gasteiger partial charge in [-0.15, -0.1) is 0 Å². The second-order valence-electron chi connectivity index (χ2n) is 9.05. The summed E-state index contributed by atoms with van der Waals surface area (Å²) in [6, 6.07) is 3.81. The zero-order valence-electron chi connectivity index (χ0n) is 17.9. The lowest BCUT2D eigenvalue weighted by atomic mass is 9.75. The van der Waals surface area contributed by atoms with Crippen LogP contribution in [0.1, 0.15) is 48.0 Å². The van der Waals surface area contributed by atoms with E-state index in [1.54, 1.807) is 11.1 Å². The van der Waals surface area contributed by atoms with Crippen LogP contribution in [-0.2, 0) is 14.0 Å².